The van der Waals surface area contributed by atoms with Gasteiger partial charge in [0.2, 0.25) is 0 Å². The molecule has 0 spiro atoms. The van der Waals surface area contributed by atoms with Gasteiger partial charge in [0.15, 0.2) is 0 Å². The van der Waals surface area contributed by atoms with Gasteiger partial charge in [0.05, 0.1) is 6.10 Å². The van der Waals surface area contributed by atoms with Crippen LogP contribution in [0.1, 0.15) is 24.4 Å². The third kappa shape index (κ3) is 1.86. The van der Waals surface area contributed by atoms with Crippen LogP contribution >= 0.6 is 0 Å². The van der Waals surface area contributed by atoms with Gasteiger partial charge in [0, 0.05) is 6.42 Å². The Morgan fingerprint density at radius 2 is 1.93 bits per heavy atom. The molecule has 4 heteroatoms. The van der Waals surface area contributed by atoms with E-state index in [1.54, 1.807) is 0 Å². The molecule has 80 valence electrons. The Labute approximate surface area is 88.2 Å². The van der Waals surface area contributed by atoms with Crippen molar-refractivity contribution < 1.29 is 10.3 Å². The minimum Gasteiger partial charge on any atom is -0.391 e. The smallest absolute Gasteiger partial charge is 0.121 e. The van der Waals surface area contributed by atoms with Crippen LogP contribution in [-0.4, -0.2) is 27.3 Å². The number of nitrogens with one attached hydrogen (secondary N) is 1. The molecule has 1 saturated heterocycles. The van der Waals surface area contributed by atoms with Gasteiger partial charge in [-0.05, 0) is 12.0 Å². The lowest BCUT2D eigenvalue weighted by Crippen LogP contribution is -2.42. The number of aliphatic hydroxyl groups excluding tert-OH is 1. The number of nitrogens with zero attached hydrogens (tertiary/aromatic N) is 1. The third-order valence-corrected chi connectivity index (χ3v) is 2.72. The summed E-state index contributed by atoms with van der Waals surface area (Å²) in [6.07, 6.45) is 0.322. The summed E-state index contributed by atoms with van der Waals surface area (Å²) in [5.74, 6) is 0.161. The van der Waals surface area contributed by atoms with Crippen molar-refractivity contribution in [2.24, 2.45) is 0 Å². The number of piperidine rings is 1. The van der Waals surface area contributed by atoms with E-state index in [4.69, 9.17) is 5.41 Å². The van der Waals surface area contributed by atoms with Crippen LogP contribution in [0.2, 0.25) is 0 Å². The summed E-state index contributed by atoms with van der Waals surface area (Å²) in [6.45, 7) is 0. The zero-order valence-electron chi connectivity index (χ0n) is 8.30. The average Bonchev–Trinajstić information content (AvgIpc) is 2.26. The van der Waals surface area contributed by atoms with Gasteiger partial charge >= 0.3 is 0 Å². The Bertz CT molecular complexity index is 353. The number of hydrogen-bond acceptors (Lipinski definition) is 3. The van der Waals surface area contributed by atoms with Crippen molar-refractivity contribution in [1.29, 1.82) is 5.41 Å². The van der Waals surface area contributed by atoms with E-state index in [2.05, 4.69) is 0 Å². The van der Waals surface area contributed by atoms with Gasteiger partial charge in [0.1, 0.15) is 11.9 Å². The zero-order valence-corrected chi connectivity index (χ0v) is 8.30. The predicted molar refractivity (Wildman–Crippen MR) is 55.8 cm³/mol. The van der Waals surface area contributed by atoms with Crippen LogP contribution in [0.4, 0.5) is 0 Å². The topological polar surface area (TPSA) is 67.5 Å². The Morgan fingerprint density at radius 1 is 1.27 bits per heavy atom. The Hall–Kier alpha value is -1.39. The second kappa shape index (κ2) is 4.00. The van der Waals surface area contributed by atoms with Crippen LogP contribution in [0, 0.1) is 5.41 Å². The second-order valence-electron chi connectivity index (χ2n) is 3.75. The molecule has 2 atom stereocenters. The highest BCUT2D eigenvalue weighted by Crippen LogP contribution is 2.30. The van der Waals surface area contributed by atoms with Crippen molar-refractivity contribution in [3.63, 3.8) is 0 Å². The second-order valence-corrected chi connectivity index (χ2v) is 3.75. The van der Waals surface area contributed by atoms with Crippen molar-refractivity contribution in [3.8, 4) is 0 Å². The highest BCUT2D eigenvalue weighted by atomic mass is 16.5. The summed E-state index contributed by atoms with van der Waals surface area (Å²) in [5, 5.41) is 27.9. The maximum absolute atomic E-state index is 9.81. The summed E-state index contributed by atoms with van der Waals surface area (Å²) in [4.78, 5) is 0. The molecule has 15 heavy (non-hydrogen) atoms. The summed E-state index contributed by atoms with van der Waals surface area (Å²) in [5.41, 5.74) is 0.831. The summed E-state index contributed by atoms with van der Waals surface area (Å²) in [6, 6.07) is 8.77. The summed E-state index contributed by atoms with van der Waals surface area (Å²) < 4.78 is 0. The highest BCUT2D eigenvalue weighted by Gasteiger charge is 2.33. The van der Waals surface area contributed by atoms with Crippen LogP contribution in [0.3, 0.4) is 0 Å². The molecule has 0 amide bonds. The van der Waals surface area contributed by atoms with Gasteiger partial charge < -0.3 is 5.11 Å². The monoisotopic (exact) mass is 206 g/mol. The van der Waals surface area contributed by atoms with E-state index in [1.807, 2.05) is 30.3 Å². The fourth-order valence-electron chi connectivity index (χ4n) is 1.90. The molecular formula is C11H14N2O2. The summed E-state index contributed by atoms with van der Waals surface area (Å²) in [7, 11) is 0. The molecule has 1 heterocycles. The minimum atomic E-state index is -0.619. The van der Waals surface area contributed by atoms with E-state index in [-0.39, 0.29) is 5.84 Å². The maximum atomic E-state index is 9.81. The number of benzene rings is 1. The fourth-order valence-corrected chi connectivity index (χ4v) is 1.90. The van der Waals surface area contributed by atoms with E-state index in [0.717, 1.165) is 10.6 Å². The fraction of sp³-hybridized carbons (Fsp3) is 0.364. The third-order valence-electron chi connectivity index (χ3n) is 2.72. The van der Waals surface area contributed by atoms with E-state index in [0.29, 0.717) is 12.8 Å². The van der Waals surface area contributed by atoms with Crippen molar-refractivity contribution in [1.82, 2.24) is 5.06 Å². The van der Waals surface area contributed by atoms with E-state index < -0.39 is 12.1 Å². The normalized spacial score (nSPS) is 26.8. The highest BCUT2D eigenvalue weighted by molar-refractivity contribution is 5.79. The molecular weight excluding hydrogens is 192 g/mol. The lowest BCUT2D eigenvalue weighted by Gasteiger charge is -2.36. The van der Waals surface area contributed by atoms with Gasteiger partial charge in [-0.2, -0.15) is 0 Å². The van der Waals surface area contributed by atoms with Crippen molar-refractivity contribution >= 4 is 5.84 Å². The first-order chi connectivity index (χ1) is 7.20. The molecule has 0 bridgehead atoms. The Balaban J connectivity index is 2.29. The Kier molecular flexibility index (Phi) is 2.70. The molecule has 0 radical (unpaired) electrons. The van der Waals surface area contributed by atoms with Gasteiger partial charge in [-0.3, -0.25) is 10.6 Å². The zero-order chi connectivity index (χ0) is 10.8. The first-order valence-corrected chi connectivity index (χ1v) is 4.98. The van der Waals surface area contributed by atoms with E-state index >= 15 is 0 Å². The molecule has 0 unspecified atom stereocenters. The molecule has 4 nitrogen and oxygen atoms in total. The van der Waals surface area contributed by atoms with Crippen LogP contribution in [0.15, 0.2) is 30.3 Å². The van der Waals surface area contributed by atoms with Crippen LogP contribution in [0.5, 0.6) is 0 Å². The summed E-state index contributed by atoms with van der Waals surface area (Å²) >= 11 is 0. The SMILES string of the molecule is N=C1CC[C@@H](O)[C@H](c2ccccc2)N1O. The molecule has 2 rings (SSSR count). The molecule has 0 aliphatic carbocycles. The van der Waals surface area contributed by atoms with Crippen molar-refractivity contribution in [2.75, 3.05) is 0 Å². The molecule has 1 aromatic carbocycles. The quantitative estimate of drug-likeness (QED) is 0.653. The van der Waals surface area contributed by atoms with Gasteiger partial charge in [-0.15, -0.1) is 0 Å². The number of hydroxylamine groups is 2. The molecule has 0 saturated carbocycles. The van der Waals surface area contributed by atoms with Gasteiger partial charge in [-0.25, -0.2) is 5.06 Å². The van der Waals surface area contributed by atoms with Crippen molar-refractivity contribution in [3.05, 3.63) is 35.9 Å². The average molecular weight is 206 g/mol. The first kappa shape index (κ1) is 10.1. The van der Waals surface area contributed by atoms with E-state index in [1.165, 1.54) is 0 Å². The molecule has 1 aliphatic rings. The molecule has 0 aromatic heterocycles. The number of amidine groups is 1. The Morgan fingerprint density at radius 3 is 2.60 bits per heavy atom. The molecule has 1 aliphatic heterocycles. The largest absolute Gasteiger partial charge is 0.391 e. The predicted octanol–water partition coefficient (Wildman–Crippen LogP) is 1.55. The minimum absolute atomic E-state index is 0.161. The molecule has 3 N–H and O–H groups in total. The number of rotatable bonds is 1. The lowest BCUT2D eigenvalue weighted by molar-refractivity contribution is -0.110. The number of hydrogen-bond donors (Lipinski definition) is 3. The van der Waals surface area contributed by atoms with E-state index in [9.17, 15) is 10.3 Å². The first-order valence-electron chi connectivity index (χ1n) is 4.98. The standard InChI is InChI=1S/C11H14N2O2/c12-10-7-6-9(14)11(13(10)15)8-4-2-1-3-5-8/h1-5,9,11-12,14-15H,6-7H2/t9-,11+/m1/s1. The van der Waals surface area contributed by atoms with Crippen LogP contribution in [-0.2, 0) is 0 Å². The number of aliphatic hydroxyl groups is 1. The maximum Gasteiger partial charge on any atom is 0.121 e. The van der Waals surface area contributed by atoms with Gasteiger partial charge in [-0.1, -0.05) is 30.3 Å². The molecule has 1 aromatic rings. The lowest BCUT2D eigenvalue weighted by atomic mass is 9.94. The van der Waals surface area contributed by atoms with Gasteiger partial charge in [0.25, 0.3) is 0 Å². The molecule has 1 fully saturated rings. The van der Waals surface area contributed by atoms with Crippen LogP contribution < -0.4 is 0 Å². The van der Waals surface area contributed by atoms with Crippen molar-refractivity contribution in [2.45, 2.75) is 25.0 Å². The van der Waals surface area contributed by atoms with Crippen LogP contribution in [0.25, 0.3) is 0 Å².